The highest BCUT2D eigenvalue weighted by Gasteiger charge is 2.24. The van der Waals surface area contributed by atoms with Crippen LogP contribution in [0.1, 0.15) is 22.8 Å². The van der Waals surface area contributed by atoms with E-state index in [0.717, 1.165) is 12.1 Å². The van der Waals surface area contributed by atoms with E-state index < -0.39 is 43.7 Å². The minimum Gasteiger partial charge on any atom is -0.478 e. The summed E-state index contributed by atoms with van der Waals surface area (Å²) in [5, 5.41) is 11.1. The van der Waals surface area contributed by atoms with E-state index in [4.69, 9.17) is 5.11 Å². The SMILES string of the molecule is CCNC(=O)CS(=O)(=O)c1cc(C(=O)O)cc(F)c1C. The highest BCUT2D eigenvalue weighted by Crippen LogP contribution is 2.22. The van der Waals surface area contributed by atoms with Gasteiger partial charge in [0.15, 0.2) is 9.84 Å². The number of halogens is 1. The summed E-state index contributed by atoms with van der Waals surface area (Å²) in [6.07, 6.45) is 0. The molecule has 0 saturated heterocycles. The monoisotopic (exact) mass is 303 g/mol. The van der Waals surface area contributed by atoms with Crippen LogP contribution in [0.4, 0.5) is 4.39 Å². The molecule has 1 aromatic carbocycles. The summed E-state index contributed by atoms with van der Waals surface area (Å²) in [6, 6.07) is 1.60. The molecule has 0 fully saturated rings. The number of rotatable bonds is 5. The van der Waals surface area contributed by atoms with Crippen LogP contribution in [0, 0.1) is 12.7 Å². The smallest absolute Gasteiger partial charge is 0.335 e. The Labute approximate surface area is 115 Å². The van der Waals surface area contributed by atoms with Gasteiger partial charge in [0.05, 0.1) is 10.5 Å². The molecule has 0 aromatic heterocycles. The molecule has 6 nitrogen and oxygen atoms in total. The zero-order valence-corrected chi connectivity index (χ0v) is 11.8. The van der Waals surface area contributed by atoms with Crippen LogP contribution in [0.25, 0.3) is 0 Å². The first-order valence-electron chi connectivity index (χ1n) is 5.72. The summed E-state index contributed by atoms with van der Waals surface area (Å²) in [7, 11) is -4.11. The third-order valence-corrected chi connectivity index (χ3v) is 4.31. The summed E-state index contributed by atoms with van der Waals surface area (Å²) < 4.78 is 37.7. The van der Waals surface area contributed by atoms with Gasteiger partial charge in [0.25, 0.3) is 0 Å². The van der Waals surface area contributed by atoms with Crippen molar-refractivity contribution < 1.29 is 27.5 Å². The lowest BCUT2D eigenvalue weighted by Gasteiger charge is -2.09. The van der Waals surface area contributed by atoms with Crippen molar-refractivity contribution in [2.45, 2.75) is 18.7 Å². The van der Waals surface area contributed by atoms with Gasteiger partial charge >= 0.3 is 5.97 Å². The Kier molecular flexibility index (Phi) is 4.83. The number of amides is 1. The van der Waals surface area contributed by atoms with Crippen molar-refractivity contribution in [3.8, 4) is 0 Å². The first-order valence-corrected chi connectivity index (χ1v) is 7.37. The van der Waals surface area contributed by atoms with Gasteiger partial charge in [-0.1, -0.05) is 0 Å². The molecule has 0 aliphatic rings. The molecule has 0 unspecified atom stereocenters. The van der Waals surface area contributed by atoms with Gasteiger partial charge in [-0.05, 0) is 26.0 Å². The van der Waals surface area contributed by atoms with Crippen molar-refractivity contribution in [2.24, 2.45) is 0 Å². The molecule has 1 amide bonds. The van der Waals surface area contributed by atoms with Gasteiger partial charge in [-0.15, -0.1) is 0 Å². The number of hydrogen-bond acceptors (Lipinski definition) is 4. The van der Waals surface area contributed by atoms with E-state index in [-0.39, 0.29) is 12.1 Å². The van der Waals surface area contributed by atoms with Crippen molar-refractivity contribution in [1.82, 2.24) is 5.32 Å². The van der Waals surface area contributed by atoms with Gasteiger partial charge in [-0.25, -0.2) is 17.6 Å². The Morgan fingerprint density at radius 1 is 1.35 bits per heavy atom. The normalized spacial score (nSPS) is 11.2. The van der Waals surface area contributed by atoms with Crippen LogP contribution in [-0.4, -0.2) is 37.7 Å². The number of carboxylic acid groups (broad SMARTS) is 1. The molecule has 0 saturated carbocycles. The highest BCUT2D eigenvalue weighted by atomic mass is 32.2. The van der Waals surface area contributed by atoms with Crippen molar-refractivity contribution in [1.29, 1.82) is 0 Å². The van der Waals surface area contributed by atoms with Gasteiger partial charge in [0.1, 0.15) is 11.6 Å². The maximum atomic E-state index is 13.6. The summed E-state index contributed by atoms with van der Waals surface area (Å²) in [6.45, 7) is 3.10. The number of carbonyl (C=O) groups excluding carboxylic acids is 1. The van der Waals surface area contributed by atoms with Crippen molar-refractivity contribution in [3.05, 3.63) is 29.1 Å². The summed E-state index contributed by atoms with van der Waals surface area (Å²) in [5.41, 5.74) is -0.693. The van der Waals surface area contributed by atoms with Gasteiger partial charge in [-0.3, -0.25) is 4.79 Å². The van der Waals surface area contributed by atoms with E-state index in [0.29, 0.717) is 0 Å². The quantitative estimate of drug-likeness (QED) is 0.835. The second-order valence-electron chi connectivity index (χ2n) is 4.10. The third-order valence-electron chi connectivity index (χ3n) is 2.57. The topological polar surface area (TPSA) is 101 Å². The second kappa shape index (κ2) is 6.00. The lowest BCUT2D eigenvalue weighted by molar-refractivity contribution is -0.118. The summed E-state index contributed by atoms with van der Waals surface area (Å²) >= 11 is 0. The zero-order chi connectivity index (χ0) is 15.5. The van der Waals surface area contributed by atoms with Gasteiger partial charge in [-0.2, -0.15) is 0 Å². The molecule has 0 bridgehead atoms. The third kappa shape index (κ3) is 3.53. The number of benzene rings is 1. The molecule has 1 aromatic rings. The predicted molar refractivity (Wildman–Crippen MR) is 68.8 cm³/mol. The molecule has 110 valence electrons. The van der Waals surface area contributed by atoms with Gasteiger partial charge < -0.3 is 10.4 Å². The number of aromatic carboxylic acids is 1. The number of nitrogens with one attached hydrogen (secondary N) is 1. The standard InChI is InChI=1S/C12H14FNO5S/c1-3-14-11(15)6-20(18,19)10-5-8(12(16)17)4-9(13)7(10)2/h4-5H,3,6H2,1-2H3,(H,14,15)(H,16,17). The lowest BCUT2D eigenvalue weighted by atomic mass is 10.1. The molecule has 0 radical (unpaired) electrons. The molecule has 1 rings (SSSR count). The van der Waals surface area contributed by atoms with Crippen LogP contribution in [-0.2, 0) is 14.6 Å². The van der Waals surface area contributed by atoms with Gasteiger partial charge in [0, 0.05) is 12.1 Å². The molecular formula is C12H14FNO5S. The van der Waals surface area contributed by atoms with E-state index in [2.05, 4.69) is 5.32 Å². The Bertz CT molecular complexity index is 654. The molecular weight excluding hydrogens is 289 g/mol. The first-order chi connectivity index (χ1) is 9.19. The maximum Gasteiger partial charge on any atom is 0.335 e. The van der Waals surface area contributed by atoms with Crippen LogP contribution in [0.3, 0.4) is 0 Å². The molecule has 0 aliphatic heterocycles. The maximum absolute atomic E-state index is 13.6. The highest BCUT2D eigenvalue weighted by molar-refractivity contribution is 7.92. The molecule has 0 heterocycles. The van der Waals surface area contributed by atoms with Crippen LogP contribution in [0.15, 0.2) is 17.0 Å². The Morgan fingerprint density at radius 2 is 1.95 bits per heavy atom. The Morgan fingerprint density at radius 3 is 2.45 bits per heavy atom. The lowest BCUT2D eigenvalue weighted by Crippen LogP contribution is -2.30. The minimum absolute atomic E-state index is 0.209. The largest absolute Gasteiger partial charge is 0.478 e. The van der Waals surface area contributed by atoms with Crippen molar-refractivity contribution in [3.63, 3.8) is 0 Å². The van der Waals surface area contributed by atoms with Crippen LogP contribution >= 0.6 is 0 Å². The average molecular weight is 303 g/mol. The van der Waals surface area contributed by atoms with E-state index >= 15 is 0 Å². The van der Waals surface area contributed by atoms with E-state index in [1.54, 1.807) is 6.92 Å². The molecule has 8 heteroatoms. The summed E-state index contributed by atoms with van der Waals surface area (Å²) in [5.74, 6) is -3.98. The molecule has 2 N–H and O–H groups in total. The number of sulfone groups is 1. The zero-order valence-electron chi connectivity index (χ0n) is 10.9. The average Bonchev–Trinajstić information content (AvgIpc) is 2.31. The van der Waals surface area contributed by atoms with Crippen molar-refractivity contribution >= 4 is 21.7 Å². The number of carbonyl (C=O) groups is 2. The van der Waals surface area contributed by atoms with E-state index in [1.807, 2.05) is 0 Å². The fourth-order valence-electron chi connectivity index (χ4n) is 1.60. The van der Waals surface area contributed by atoms with Gasteiger partial charge in [0.2, 0.25) is 5.91 Å². The molecule has 20 heavy (non-hydrogen) atoms. The molecule has 0 spiro atoms. The number of hydrogen-bond donors (Lipinski definition) is 2. The predicted octanol–water partition coefficient (Wildman–Crippen LogP) is 0.742. The molecule has 0 aliphatic carbocycles. The fourth-order valence-corrected chi connectivity index (χ4v) is 3.07. The fraction of sp³-hybridized carbons (Fsp3) is 0.333. The summed E-state index contributed by atoms with van der Waals surface area (Å²) in [4.78, 5) is 21.7. The Balaban J connectivity index is 3.30. The minimum atomic E-state index is -4.11. The van der Waals surface area contributed by atoms with Crippen LogP contribution in [0.5, 0.6) is 0 Å². The van der Waals surface area contributed by atoms with E-state index in [1.165, 1.54) is 6.92 Å². The Hall–Kier alpha value is -1.96. The molecule has 0 atom stereocenters. The van der Waals surface area contributed by atoms with E-state index in [9.17, 15) is 22.4 Å². The van der Waals surface area contributed by atoms with Crippen molar-refractivity contribution in [2.75, 3.05) is 12.3 Å². The first kappa shape index (κ1) is 16.1. The van der Waals surface area contributed by atoms with Crippen LogP contribution in [0.2, 0.25) is 0 Å². The van der Waals surface area contributed by atoms with Crippen LogP contribution < -0.4 is 5.32 Å². The number of carboxylic acids is 1. The second-order valence-corrected chi connectivity index (χ2v) is 6.06.